The zero-order valence-corrected chi connectivity index (χ0v) is 6.50. The third-order valence-corrected chi connectivity index (χ3v) is 1.70. The van der Waals surface area contributed by atoms with Gasteiger partial charge in [-0.2, -0.15) is 0 Å². The lowest BCUT2D eigenvalue weighted by Crippen LogP contribution is -1.68. The lowest BCUT2D eigenvalue weighted by Gasteiger charge is -1.95. The number of nitrogens with zero attached hydrogens (tertiary/aromatic N) is 1. The van der Waals surface area contributed by atoms with Crippen molar-refractivity contribution in [3.05, 3.63) is 27.6 Å². The molecular weight excluding hydrogens is 198 g/mol. The second kappa shape index (κ2) is 2.79. The fraction of sp³-hybridized carbons (Fsp3) is 0. The molecule has 10 heavy (non-hydrogen) atoms. The Morgan fingerprint density at radius 3 is 2.70 bits per heavy atom. The SMILES string of the molecule is O=Nc1cccc(Br)c1O. The summed E-state index contributed by atoms with van der Waals surface area (Å²) in [6, 6.07) is 4.69. The zero-order chi connectivity index (χ0) is 7.56. The summed E-state index contributed by atoms with van der Waals surface area (Å²) in [5, 5.41) is 11.7. The number of hydrogen-bond acceptors (Lipinski definition) is 3. The average molecular weight is 202 g/mol. The first-order chi connectivity index (χ1) is 4.75. The highest BCUT2D eigenvalue weighted by atomic mass is 79.9. The molecule has 0 aromatic heterocycles. The third kappa shape index (κ3) is 1.16. The first-order valence-electron chi connectivity index (χ1n) is 2.56. The van der Waals surface area contributed by atoms with E-state index in [1.165, 1.54) is 6.07 Å². The first-order valence-corrected chi connectivity index (χ1v) is 3.36. The van der Waals surface area contributed by atoms with Gasteiger partial charge in [0, 0.05) is 0 Å². The Hall–Kier alpha value is -0.900. The number of hydrogen-bond donors (Lipinski definition) is 1. The van der Waals surface area contributed by atoms with Gasteiger partial charge in [0.1, 0.15) is 0 Å². The normalized spacial score (nSPS) is 9.30. The second-order valence-corrected chi connectivity index (χ2v) is 2.55. The highest BCUT2D eigenvalue weighted by Gasteiger charge is 2.02. The van der Waals surface area contributed by atoms with Gasteiger partial charge in [-0.25, -0.2) is 0 Å². The van der Waals surface area contributed by atoms with Crippen molar-refractivity contribution in [3.63, 3.8) is 0 Å². The summed E-state index contributed by atoms with van der Waals surface area (Å²) in [6.07, 6.45) is 0. The minimum Gasteiger partial charge on any atom is -0.504 e. The largest absolute Gasteiger partial charge is 0.504 e. The predicted molar refractivity (Wildman–Crippen MR) is 41.3 cm³/mol. The molecule has 52 valence electrons. The minimum atomic E-state index is -0.113. The molecule has 3 nitrogen and oxygen atoms in total. The van der Waals surface area contributed by atoms with Crippen LogP contribution in [0, 0.1) is 4.91 Å². The Balaban J connectivity index is 3.27. The molecule has 0 saturated carbocycles. The van der Waals surface area contributed by atoms with Gasteiger partial charge in [-0.1, -0.05) is 6.07 Å². The second-order valence-electron chi connectivity index (χ2n) is 1.70. The quantitative estimate of drug-likeness (QED) is 0.711. The Labute approximate surface area is 65.8 Å². The maximum Gasteiger partial charge on any atom is 0.159 e. The molecule has 4 heteroatoms. The summed E-state index contributed by atoms with van der Waals surface area (Å²) >= 11 is 3.04. The summed E-state index contributed by atoms with van der Waals surface area (Å²) in [7, 11) is 0. The Bertz CT molecular complexity index is 262. The van der Waals surface area contributed by atoms with Crippen molar-refractivity contribution in [2.24, 2.45) is 5.18 Å². The molecule has 0 aliphatic rings. The van der Waals surface area contributed by atoms with Crippen molar-refractivity contribution in [1.29, 1.82) is 0 Å². The van der Waals surface area contributed by atoms with Gasteiger partial charge in [0.2, 0.25) is 0 Å². The Kier molecular flexibility index (Phi) is 2.01. The van der Waals surface area contributed by atoms with Crippen molar-refractivity contribution in [3.8, 4) is 5.75 Å². The number of nitroso groups, excluding NO2 is 1. The van der Waals surface area contributed by atoms with Crippen LogP contribution < -0.4 is 0 Å². The van der Waals surface area contributed by atoms with Crippen molar-refractivity contribution < 1.29 is 5.11 Å². The van der Waals surface area contributed by atoms with E-state index in [0.717, 1.165) is 0 Å². The van der Waals surface area contributed by atoms with E-state index in [1.54, 1.807) is 12.1 Å². The van der Waals surface area contributed by atoms with Crippen molar-refractivity contribution in [2.45, 2.75) is 0 Å². The van der Waals surface area contributed by atoms with Crippen LogP contribution in [0.5, 0.6) is 5.75 Å². The van der Waals surface area contributed by atoms with Crippen molar-refractivity contribution >= 4 is 21.6 Å². The van der Waals surface area contributed by atoms with Gasteiger partial charge < -0.3 is 5.11 Å². The van der Waals surface area contributed by atoms with Crippen LogP contribution in [-0.2, 0) is 0 Å². The number of benzene rings is 1. The van der Waals surface area contributed by atoms with E-state index in [-0.39, 0.29) is 11.4 Å². The smallest absolute Gasteiger partial charge is 0.159 e. The molecule has 0 radical (unpaired) electrons. The van der Waals surface area contributed by atoms with Gasteiger partial charge in [0.15, 0.2) is 11.4 Å². The van der Waals surface area contributed by atoms with E-state index in [4.69, 9.17) is 5.11 Å². The monoisotopic (exact) mass is 201 g/mol. The summed E-state index contributed by atoms with van der Waals surface area (Å²) < 4.78 is 0.476. The number of phenols is 1. The fourth-order valence-electron chi connectivity index (χ4n) is 0.578. The molecule has 0 bridgehead atoms. The fourth-order valence-corrected chi connectivity index (χ4v) is 0.933. The van der Waals surface area contributed by atoms with Crippen molar-refractivity contribution in [1.82, 2.24) is 0 Å². The number of aromatic hydroxyl groups is 1. The molecule has 0 saturated heterocycles. The maximum absolute atomic E-state index is 9.95. The van der Waals surface area contributed by atoms with Gasteiger partial charge in [-0.3, -0.25) is 0 Å². The average Bonchev–Trinajstić information content (AvgIpc) is 1.95. The topological polar surface area (TPSA) is 49.7 Å². The van der Waals surface area contributed by atoms with Gasteiger partial charge >= 0.3 is 0 Å². The van der Waals surface area contributed by atoms with Gasteiger partial charge in [-0.15, -0.1) is 4.91 Å². The summed E-state index contributed by atoms with van der Waals surface area (Å²) in [4.78, 5) is 9.95. The zero-order valence-electron chi connectivity index (χ0n) is 4.91. The van der Waals surface area contributed by atoms with Gasteiger partial charge in [0.25, 0.3) is 0 Å². The van der Waals surface area contributed by atoms with Crippen LogP contribution >= 0.6 is 15.9 Å². The molecule has 0 atom stereocenters. The van der Waals surface area contributed by atoms with E-state index in [2.05, 4.69) is 21.1 Å². The van der Waals surface area contributed by atoms with Crippen LogP contribution in [0.4, 0.5) is 5.69 Å². The molecule has 0 spiro atoms. The molecular formula is C6H4BrNO2. The van der Waals surface area contributed by atoms with E-state index >= 15 is 0 Å². The number of phenolic OH excluding ortho intramolecular Hbond substituents is 1. The van der Waals surface area contributed by atoms with E-state index in [1.807, 2.05) is 0 Å². The van der Waals surface area contributed by atoms with Crippen LogP contribution in [-0.4, -0.2) is 5.11 Å². The molecule has 1 rings (SSSR count). The Morgan fingerprint density at radius 2 is 2.20 bits per heavy atom. The number of halogens is 1. The molecule has 0 aliphatic carbocycles. The molecule has 0 unspecified atom stereocenters. The first kappa shape index (κ1) is 7.21. The molecule has 1 aromatic carbocycles. The van der Waals surface area contributed by atoms with Crippen LogP contribution in [0.25, 0.3) is 0 Å². The highest BCUT2D eigenvalue weighted by molar-refractivity contribution is 9.10. The number of rotatable bonds is 1. The van der Waals surface area contributed by atoms with Crippen LogP contribution in [0.1, 0.15) is 0 Å². The summed E-state index contributed by atoms with van der Waals surface area (Å²) in [5.74, 6) is -0.113. The predicted octanol–water partition coefficient (Wildman–Crippen LogP) is 2.55. The summed E-state index contributed by atoms with van der Waals surface area (Å²) in [5.41, 5.74) is 0.0503. The van der Waals surface area contributed by atoms with E-state index in [0.29, 0.717) is 4.47 Å². The lowest BCUT2D eigenvalue weighted by molar-refractivity contribution is 0.473. The standard InChI is InChI=1S/C6H4BrNO2/c7-4-2-1-3-5(8-10)6(4)9/h1-3,9H. The van der Waals surface area contributed by atoms with E-state index < -0.39 is 0 Å². The molecule has 1 N–H and O–H groups in total. The van der Waals surface area contributed by atoms with E-state index in [9.17, 15) is 4.91 Å². The Morgan fingerprint density at radius 1 is 1.50 bits per heavy atom. The molecule has 0 aliphatic heterocycles. The van der Waals surface area contributed by atoms with Crippen LogP contribution in [0.15, 0.2) is 27.8 Å². The summed E-state index contributed by atoms with van der Waals surface area (Å²) in [6.45, 7) is 0. The van der Waals surface area contributed by atoms with Gasteiger partial charge in [0.05, 0.1) is 4.47 Å². The lowest BCUT2D eigenvalue weighted by atomic mass is 10.3. The minimum absolute atomic E-state index is 0.0503. The third-order valence-electron chi connectivity index (χ3n) is 1.06. The molecule has 1 aromatic rings. The van der Waals surface area contributed by atoms with Crippen LogP contribution in [0.3, 0.4) is 0 Å². The van der Waals surface area contributed by atoms with Crippen molar-refractivity contribution in [2.75, 3.05) is 0 Å². The van der Waals surface area contributed by atoms with Crippen LogP contribution in [0.2, 0.25) is 0 Å². The molecule has 0 amide bonds. The number of para-hydroxylation sites is 1. The molecule has 0 fully saturated rings. The maximum atomic E-state index is 9.95. The highest BCUT2D eigenvalue weighted by Crippen LogP contribution is 2.33. The molecule has 0 heterocycles. The van der Waals surface area contributed by atoms with Gasteiger partial charge in [-0.05, 0) is 33.2 Å².